The summed E-state index contributed by atoms with van der Waals surface area (Å²) in [4.78, 5) is 15.4. The highest BCUT2D eigenvalue weighted by Crippen LogP contribution is 2.34. The third-order valence-corrected chi connectivity index (χ3v) is 4.98. The van der Waals surface area contributed by atoms with Crippen molar-refractivity contribution in [1.29, 1.82) is 0 Å². The summed E-state index contributed by atoms with van der Waals surface area (Å²) < 4.78 is 10.7. The van der Waals surface area contributed by atoms with E-state index in [1.165, 1.54) is 6.42 Å². The topological polar surface area (TPSA) is 50.8 Å². The van der Waals surface area contributed by atoms with Crippen LogP contribution in [0.2, 0.25) is 0 Å². The SMILES string of the molecule is COCC(C)(C)CNC(=O)C1(N2CCOCC2)CCCCC1. The predicted octanol–water partition coefficient (Wildman–Crippen LogP) is 1.81. The molecule has 0 radical (unpaired) electrons. The van der Waals surface area contributed by atoms with Crippen LogP contribution in [0, 0.1) is 5.41 Å². The monoisotopic (exact) mass is 312 g/mol. The van der Waals surface area contributed by atoms with Crippen LogP contribution >= 0.6 is 0 Å². The molecule has 1 amide bonds. The smallest absolute Gasteiger partial charge is 0.240 e. The third-order valence-electron chi connectivity index (χ3n) is 4.98. The van der Waals surface area contributed by atoms with Crippen LogP contribution in [0.15, 0.2) is 0 Å². The number of rotatable bonds is 6. The molecule has 0 aromatic carbocycles. The quantitative estimate of drug-likeness (QED) is 0.813. The van der Waals surface area contributed by atoms with Gasteiger partial charge < -0.3 is 14.8 Å². The molecule has 1 N–H and O–H groups in total. The lowest BCUT2D eigenvalue weighted by molar-refractivity contribution is -0.140. The van der Waals surface area contributed by atoms with Gasteiger partial charge in [0.05, 0.1) is 19.8 Å². The van der Waals surface area contributed by atoms with Crippen molar-refractivity contribution in [3.05, 3.63) is 0 Å². The summed E-state index contributed by atoms with van der Waals surface area (Å²) in [5.74, 6) is 0.207. The Hall–Kier alpha value is -0.650. The molecule has 1 saturated heterocycles. The van der Waals surface area contributed by atoms with Gasteiger partial charge in [-0.15, -0.1) is 0 Å². The maximum Gasteiger partial charge on any atom is 0.240 e. The van der Waals surface area contributed by atoms with Gasteiger partial charge in [-0.05, 0) is 12.8 Å². The van der Waals surface area contributed by atoms with E-state index >= 15 is 0 Å². The Balaban J connectivity index is 2.03. The van der Waals surface area contributed by atoms with Crippen molar-refractivity contribution < 1.29 is 14.3 Å². The first-order chi connectivity index (χ1) is 10.5. The van der Waals surface area contributed by atoms with E-state index in [2.05, 4.69) is 24.1 Å². The molecule has 2 rings (SSSR count). The molecule has 5 heteroatoms. The van der Waals surface area contributed by atoms with Crippen molar-refractivity contribution >= 4 is 5.91 Å². The fourth-order valence-corrected chi connectivity index (χ4v) is 3.74. The largest absolute Gasteiger partial charge is 0.384 e. The molecule has 1 aliphatic heterocycles. The van der Waals surface area contributed by atoms with Gasteiger partial charge >= 0.3 is 0 Å². The summed E-state index contributed by atoms with van der Waals surface area (Å²) in [6.07, 6.45) is 5.49. The fraction of sp³-hybridized carbons (Fsp3) is 0.941. The first-order valence-corrected chi connectivity index (χ1v) is 8.60. The van der Waals surface area contributed by atoms with Crippen LogP contribution in [-0.4, -0.2) is 62.9 Å². The number of hydrogen-bond acceptors (Lipinski definition) is 4. The summed E-state index contributed by atoms with van der Waals surface area (Å²) in [5, 5.41) is 3.21. The van der Waals surface area contributed by atoms with Gasteiger partial charge in [-0.2, -0.15) is 0 Å². The van der Waals surface area contributed by atoms with E-state index in [0.29, 0.717) is 13.2 Å². The average molecular weight is 312 g/mol. The van der Waals surface area contributed by atoms with Crippen molar-refractivity contribution in [3.63, 3.8) is 0 Å². The number of nitrogens with zero attached hydrogens (tertiary/aromatic N) is 1. The first-order valence-electron chi connectivity index (χ1n) is 8.60. The molecule has 22 heavy (non-hydrogen) atoms. The number of hydrogen-bond donors (Lipinski definition) is 1. The molecule has 0 atom stereocenters. The molecule has 1 aliphatic carbocycles. The van der Waals surface area contributed by atoms with Gasteiger partial charge in [0.25, 0.3) is 0 Å². The van der Waals surface area contributed by atoms with Gasteiger partial charge in [-0.1, -0.05) is 33.1 Å². The van der Waals surface area contributed by atoms with Gasteiger partial charge in [0.15, 0.2) is 0 Å². The summed E-state index contributed by atoms with van der Waals surface area (Å²) in [5.41, 5.74) is -0.351. The van der Waals surface area contributed by atoms with Gasteiger partial charge in [0.2, 0.25) is 5.91 Å². The Morgan fingerprint density at radius 1 is 1.23 bits per heavy atom. The second-order valence-corrected chi connectivity index (χ2v) is 7.47. The Morgan fingerprint density at radius 2 is 1.86 bits per heavy atom. The summed E-state index contributed by atoms with van der Waals surface area (Å²) >= 11 is 0. The van der Waals surface area contributed by atoms with E-state index in [1.807, 2.05) is 0 Å². The number of carbonyl (C=O) groups excluding carboxylic acids is 1. The predicted molar refractivity (Wildman–Crippen MR) is 86.9 cm³/mol. The molecule has 0 aromatic heterocycles. The molecule has 0 unspecified atom stereocenters. The highest BCUT2D eigenvalue weighted by atomic mass is 16.5. The van der Waals surface area contributed by atoms with Gasteiger partial charge in [0.1, 0.15) is 5.54 Å². The third kappa shape index (κ3) is 4.21. The van der Waals surface area contributed by atoms with Gasteiger partial charge in [-0.3, -0.25) is 9.69 Å². The van der Waals surface area contributed by atoms with Gasteiger partial charge in [-0.25, -0.2) is 0 Å². The maximum absolute atomic E-state index is 13.0. The Bertz CT molecular complexity index is 359. The highest BCUT2D eigenvalue weighted by molar-refractivity contribution is 5.86. The normalized spacial score (nSPS) is 23.2. The minimum atomic E-state index is -0.314. The highest BCUT2D eigenvalue weighted by Gasteiger charge is 2.45. The van der Waals surface area contributed by atoms with Crippen molar-refractivity contribution in [2.24, 2.45) is 5.41 Å². The van der Waals surface area contributed by atoms with Crippen LogP contribution in [0.1, 0.15) is 46.0 Å². The molecule has 2 aliphatic rings. The molecule has 128 valence electrons. The Kier molecular flexibility index (Phi) is 6.24. The van der Waals surface area contributed by atoms with Crippen LogP contribution in [0.3, 0.4) is 0 Å². The van der Waals surface area contributed by atoms with Crippen molar-refractivity contribution in [3.8, 4) is 0 Å². The van der Waals surface area contributed by atoms with Crippen LogP contribution in [0.5, 0.6) is 0 Å². The molecule has 1 heterocycles. The number of nitrogens with one attached hydrogen (secondary N) is 1. The number of methoxy groups -OCH3 is 1. The minimum absolute atomic E-state index is 0.0364. The van der Waals surface area contributed by atoms with Crippen LogP contribution < -0.4 is 5.32 Å². The number of morpholine rings is 1. The molecule has 0 aromatic rings. The van der Waals surface area contributed by atoms with Crippen LogP contribution in [0.25, 0.3) is 0 Å². The van der Waals surface area contributed by atoms with Crippen molar-refractivity contribution in [2.45, 2.75) is 51.5 Å². The molecule has 0 bridgehead atoms. The Morgan fingerprint density at radius 3 is 2.45 bits per heavy atom. The second-order valence-electron chi connectivity index (χ2n) is 7.47. The number of carbonyl (C=O) groups is 1. The summed E-state index contributed by atoms with van der Waals surface area (Å²) in [7, 11) is 1.71. The Labute approximate surface area is 134 Å². The second kappa shape index (κ2) is 7.75. The van der Waals surface area contributed by atoms with E-state index in [0.717, 1.165) is 52.0 Å². The summed E-state index contributed by atoms with van der Waals surface area (Å²) in [6, 6.07) is 0. The van der Waals surface area contributed by atoms with E-state index in [-0.39, 0.29) is 16.9 Å². The summed E-state index contributed by atoms with van der Waals surface area (Å²) in [6.45, 7) is 8.78. The molecule has 1 saturated carbocycles. The lowest BCUT2D eigenvalue weighted by Crippen LogP contribution is -2.63. The molecular weight excluding hydrogens is 280 g/mol. The van der Waals surface area contributed by atoms with Gasteiger partial charge in [0, 0.05) is 32.2 Å². The average Bonchev–Trinajstić information content (AvgIpc) is 2.54. The molecule has 2 fully saturated rings. The van der Waals surface area contributed by atoms with E-state index < -0.39 is 0 Å². The fourth-order valence-electron chi connectivity index (χ4n) is 3.74. The molecule has 5 nitrogen and oxygen atoms in total. The van der Waals surface area contributed by atoms with Crippen molar-refractivity contribution in [2.75, 3.05) is 46.6 Å². The lowest BCUT2D eigenvalue weighted by Gasteiger charge is -2.46. The maximum atomic E-state index is 13.0. The number of amides is 1. The minimum Gasteiger partial charge on any atom is -0.384 e. The molecule has 0 spiro atoms. The van der Waals surface area contributed by atoms with E-state index in [9.17, 15) is 4.79 Å². The van der Waals surface area contributed by atoms with Crippen LogP contribution in [0.4, 0.5) is 0 Å². The zero-order chi connectivity index (χ0) is 16.1. The zero-order valence-corrected chi connectivity index (χ0v) is 14.5. The zero-order valence-electron chi connectivity index (χ0n) is 14.5. The standard InChI is InChI=1S/C17H32N2O3/c1-16(2,14-21-3)13-18-15(20)17(7-5-4-6-8-17)19-9-11-22-12-10-19/h4-14H2,1-3H3,(H,18,20). The molecular formula is C17H32N2O3. The lowest BCUT2D eigenvalue weighted by atomic mass is 9.79. The van der Waals surface area contributed by atoms with Crippen LogP contribution in [-0.2, 0) is 14.3 Å². The first kappa shape index (κ1) is 17.7. The van der Waals surface area contributed by atoms with Crippen molar-refractivity contribution in [1.82, 2.24) is 10.2 Å². The van der Waals surface area contributed by atoms with E-state index in [4.69, 9.17) is 9.47 Å². The number of ether oxygens (including phenoxy) is 2. The van der Waals surface area contributed by atoms with E-state index in [1.54, 1.807) is 7.11 Å².